The fraction of sp³-hybridized carbons (Fsp3) is 0.400. The van der Waals surface area contributed by atoms with E-state index in [-0.39, 0.29) is 5.92 Å². The maximum absolute atomic E-state index is 11.7. The van der Waals surface area contributed by atoms with Gasteiger partial charge in [0.15, 0.2) is 11.5 Å². The average Bonchev–Trinajstić information content (AvgIpc) is 3.16. The number of carbonyl (C=O) groups excluding carboxylic acids is 1. The summed E-state index contributed by atoms with van der Waals surface area (Å²) in [7, 11) is 1.86. The van der Waals surface area contributed by atoms with E-state index in [1.54, 1.807) is 15.4 Å². The molecule has 0 radical (unpaired) electrons. The van der Waals surface area contributed by atoms with E-state index in [1.807, 2.05) is 19.4 Å². The summed E-state index contributed by atoms with van der Waals surface area (Å²) in [6.45, 7) is 0. The highest BCUT2D eigenvalue weighted by molar-refractivity contribution is 5.80. The first-order valence-electron chi connectivity index (χ1n) is 7.67. The minimum Gasteiger partial charge on any atom is -0.334 e. The zero-order valence-electron chi connectivity index (χ0n) is 12.8. The highest BCUT2D eigenvalue weighted by Crippen LogP contribution is 2.31. The van der Waals surface area contributed by atoms with Gasteiger partial charge < -0.3 is 5.32 Å². The number of Topliss-reactive ketones (excluding diaryl/α,β-unsaturated/α-hetero) is 1. The van der Waals surface area contributed by atoms with Gasteiger partial charge in [-0.15, -0.1) is 0 Å². The molecule has 0 aliphatic heterocycles. The number of hydrogen-bond donors (Lipinski definition) is 1. The van der Waals surface area contributed by atoms with Crippen LogP contribution in [-0.4, -0.2) is 35.1 Å². The number of nitrogens with one attached hydrogen (secondary N) is 1. The number of aryl methyl sites for hydroxylation is 1. The van der Waals surface area contributed by atoms with E-state index >= 15 is 0 Å². The SMILES string of the molecule is Cn1cc(Nc2nc(C3CCCC(=O)C3)cn3ncnc23)cn1. The maximum Gasteiger partial charge on any atom is 0.198 e. The number of nitrogens with zero attached hydrogens (tertiary/aromatic N) is 6. The Bertz CT molecular complexity index is 866. The highest BCUT2D eigenvalue weighted by atomic mass is 16.1. The predicted octanol–water partition coefficient (Wildman–Crippen LogP) is 1.83. The Morgan fingerprint density at radius 1 is 1.30 bits per heavy atom. The molecule has 4 rings (SSSR count). The van der Waals surface area contributed by atoms with Crippen LogP contribution in [0.4, 0.5) is 11.5 Å². The standard InChI is InChI=1S/C15H17N7O/c1-21-7-11(6-17-21)19-14-15-16-9-18-22(15)8-13(20-14)10-3-2-4-12(23)5-10/h6-10H,2-5H2,1H3,(H,19,20). The summed E-state index contributed by atoms with van der Waals surface area (Å²) < 4.78 is 3.42. The Morgan fingerprint density at radius 2 is 2.22 bits per heavy atom. The summed E-state index contributed by atoms with van der Waals surface area (Å²) in [6, 6.07) is 0. The summed E-state index contributed by atoms with van der Waals surface area (Å²) >= 11 is 0. The third kappa shape index (κ3) is 2.67. The van der Waals surface area contributed by atoms with Gasteiger partial charge in [0.2, 0.25) is 0 Å². The van der Waals surface area contributed by atoms with Crippen molar-refractivity contribution in [2.24, 2.45) is 7.05 Å². The molecule has 1 aliphatic carbocycles. The van der Waals surface area contributed by atoms with Crippen molar-refractivity contribution in [2.45, 2.75) is 31.6 Å². The van der Waals surface area contributed by atoms with Crippen molar-refractivity contribution in [3.8, 4) is 0 Å². The van der Waals surface area contributed by atoms with Crippen LogP contribution >= 0.6 is 0 Å². The van der Waals surface area contributed by atoms with Crippen molar-refractivity contribution in [1.82, 2.24) is 29.4 Å². The summed E-state index contributed by atoms with van der Waals surface area (Å²) in [5.41, 5.74) is 2.36. The quantitative estimate of drug-likeness (QED) is 0.793. The van der Waals surface area contributed by atoms with Crippen molar-refractivity contribution in [2.75, 3.05) is 5.32 Å². The van der Waals surface area contributed by atoms with E-state index in [0.717, 1.165) is 24.2 Å². The van der Waals surface area contributed by atoms with Crippen molar-refractivity contribution >= 4 is 22.9 Å². The van der Waals surface area contributed by atoms with Gasteiger partial charge in [0.05, 0.1) is 23.8 Å². The lowest BCUT2D eigenvalue weighted by molar-refractivity contribution is -0.120. The average molecular weight is 311 g/mol. The van der Waals surface area contributed by atoms with Crippen molar-refractivity contribution in [3.05, 3.63) is 30.6 Å². The van der Waals surface area contributed by atoms with Gasteiger partial charge in [-0.25, -0.2) is 14.5 Å². The van der Waals surface area contributed by atoms with E-state index in [2.05, 4.69) is 20.5 Å². The third-order valence-corrected chi connectivity index (χ3v) is 4.15. The van der Waals surface area contributed by atoms with E-state index in [0.29, 0.717) is 30.1 Å². The van der Waals surface area contributed by atoms with Crippen LogP contribution in [0.2, 0.25) is 0 Å². The molecule has 3 heterocycles. The zero-order chi connectivity index (χ0) is 15.8. The van der Waals surface area contributed by atoms with Crippen molar-refractivity contribution < 1.29 is 4.79 Å². The van der Waals surface area contributed by atoms with Gasteiger partial charge in [-0.2, -0.15) is 10.2 Å². The summed E-state index contributed by atoms with van der Waals surface area (Å²) in [5.74, 6) is 1.09. The van der Waals surface area contributed by atoms with Gasteiger partial charge in [-0.3, -0.25) is 9.48 Å². The van der Waals surface area contributed by atoms with Crippen LogP contribution in [-0.2, 0) is 11.8 Å². The molecule has 1 fully saturated rings. The molecule has 1 unspecified atom stereocenters. The Labute approximate surface area is 132 Å². The van der Waals surface area contributed by atoms with Gasteiger partial charge in [-0.1, -0.05) is 0 Å². The number of aromatic nitrogens is 6. The molecule has 8 heteroatoms. The Hall–Kier alpha value is -2.77. The van der Waals surface area contributed by atoms with Gasteiger partial charge in [-0.05, 0) is 12.8 Å². The fourth-order valence-electron chi connectivity index (χ4n) is 3.03. The molecule has 0 bridgehead atoms. The topological polar surface area (TPSA) is 90.0 Å². The van der Waals surface area contributed by atoms with Crippen LogP contribution in [0.1, 0.15) is 37.3 Å². The number of fused-ring (bicyclic) bond motifs is 1. The lowest BCUT2D eigenvalue weighted by Crippen LogP contribution is -2.16. The van der Waals surface area contributed by atoms with Crippen LogP contribution in [0.5, 0.6) is 0 Å². The van der Waals surface area contributed by atoms with Crippen LogP contribution in [0.25, 0.3) is 5.65 Å². The second-order valence-electron chi connectivity index (χ2n) is 5.90. The van der Waals surface area contributed by atoms with Crippen molar-refractivity contribution in [3.63, 3.8) is 0 Å². The van der Waals surface area contributed by atoms with Crippen LogP contribution in [0.15, 0.2) is 24.9 Å². The van der Waals surface area contributed by atoms with Gasteiger partial charge in [0, 0.05) is 32.0 Å². The molecule has 0 amide bonds. The number of carbonyl (C=O) groups is 1. The minimum atomic E-state index is 0.152. The smallest absolute Gasteiger partial charge is 0.198 e. The Balaban J connectivity index is 1.73. The number of hydrogen-bond acceptors (Lipinski definition) is 6. The van der Waals surface area contributed by atoms with Gasteiger partial charge in [0.1, 0.15) is 12.1 Å². The molecular formula is C15H17N7O. The molecule has 23 heavy (non-hydrogen) atoms. The molecule has 0 saturated heterocycles. The fourth-order valence-corrected chi connectivity index (χ4v) is 3.03. The Kier molecular flexibility index (Phi) is 3.29. The largest absolute Gasteiger partial charge is 0.334 e. The third-order valence-electron chi connectivity index (χ3n) is 4.15. The van der Waals surface area contributed by atoms with Crippen molar-refractivity contribution in [1.29, 1.82) is 0 Å². The van der Waals surface area contributed by atoms with E-state index in [9.17, 15) is 4.79 Å². The molecular weight excluding hydrogens is 294 g/mol. The molecule has 1 N–H and O–H groups in total. The second-order valence-corrected chi connectivity index (χ2v) is 5.90. The summed E-state index contributed by atoms with van der Waals surface area (Å²) in [6.07, 6.45) is 10.1. The molecule has 1 aliphatic rings. The molecule has 0 spiro atoms. The number of rotatable bonds is 3. The number of ketones is 1. The lowest BCUT2D eigenvalue weighted by atomic mass is 9.86. The maximum atomic E-state index is 11.7. The molecule has 3 aromatic heterocycles. The second kappa shape index (κ2) is 5.45. The van der Waals surface area contributed by atoms with Crippen LogP contribution in [0, 0.1) is 0 Å². The van der Waals surface area contributed by atoms with Gasteiger partial charge >= 0.3 is 0 Å². The summed E-state index contributed by atoms with van der Waals surface area (Å²) in [5, 5.41) is 11.6. The molecule has 118 valence electrons. The first-order chi connectivity index (χ1) is 11.2. The zero-order valence-corrected chi connectivity index (χ0v) is 12.8. The molecule has 1 atom stereocenters. The van der Waals surface area contributed by atoms with E-state index < -0.39 is 0 Å². The monoisotopic (exact) mass is 311 g/mol. The van der Waals surface area contributed by atoms with E-state index in [1.165, 1.54) is 6.33 Å². The normalized spacial score (nSPS) is 18.5. The molecule has 8 nitrogen and oxygen atoms in total. The first-order valence-corrected chi connectivity index (χ1v) is 7.67. The lowest BCUT2D eigenvalue weighted by Gasteiger charge is -2.20. The van der Waals surface area contributed by atoms with Crippen LogP contribution in [0.3, 0.4) is 0 Å². The minimum absolute atomic E-state index is 0.152. The number of anilines is 2. The predicted molar refractivity (Wildman–Crippen MR) is 83.5 cm³/mol. The van der Waals surface area contributed by atoms with Crippen LogP contribution < -0.4 is 5.32 Å². The van der Waals surface area contributed by atoms with Gasteiger partial charge in [0.25, 0.3) is 0 Å². The molecule has 0 aromatic carbocycles. The first kappa shape index (κ1) is 13.9. The molecule has 3 aromatic rings. The Morgan fingerprint density at radius 3 is 3.00 bits per heavy atom. The summed E-state index contributed by atoms with van der Waals surface area (Å²) in [4.78, 5) is 20.7. The molecule has 1 saturated carbocycles. The highest BCUT2D eigenvalue weighted by Gasteiger charge is 2.24. The van der Waals surface area contributed by atoms with E-state index in [4.69, 9.17) is 4.98 Å².